The SMILES string of the molecule is CCNC(=NCC(C)(C)NS(C)(=O)=O)NCCc1ccc(-n2cccn2)cc1.I. The first-order valence-electron chi connectivity index (χ1n) is 9.28. The number of hydrogen-bond donors (Lipinski definition) is 3. The maximum atomic E-state index is 11.4. The van der Waals surface area contributed by atoms with Crippen molar-refractivity contribution in [2.45, 2.75) is 32.7 Å². The number of nitrogens with one attached hydrogen (secondary N) is 3. The van der Waals surface area contributed by atoms with Crippen molar-refractivity contribution in [2.75, 3.05) is 25.9 Å². The molecule has 0 aliphatic rings. The van der Waals surface area contributed by atoms with E-state index in [2.05, 4.69) is 37.6 Å². The van der Waals surface area contributed by atoms with Crippen LogP contribution in [-0.4, -0.2) is 55.6 Å². The van der Waals surface area contributed by atoms with E-state index in [4.69, 9.17) is 0 Å². The van der Waals surface area contributed by atoms with Gasteiger partial charge in [0.2, 0.25) is 10.0 Å². The molecule has 1 aromatic heterocycles. The molecule has 1 heterocycles. The maximum Gasteiger partial charge on any atom is 0.209 e. The Kier molecular flexibility index (Phi) is 10.1. The fraction of sp³-hybridized carbons (Fsp3) is 0.474. The van der Waals surface area contributed by atoms with Crippen molar-refractivity contribution in [3.63, 3.8) is 0 Å². The van der Waals surface area contributed by atoms with Gasteiger partial charge in [-0.25, -0.2) is 17.8 Å². The fourth-order valence-electron chi connectivity index (χ4n) is 2.71. The van der Waals surface area contributed by atoms with Crippen molar-refractivity contribution in [1.82, 2.24) is 25.1 Å². The van der Waals surface area contributed by atoms with Crippen LogP contribution in [0.5, 0.6) is 0 Å². The third-order valence-electron chi connectivity index (χ3n) is 3.85. The molecular weight excluding hydrogens is 503 g/mol. The number of rotatable bonds is 9. The van der Waals surface area contributed by atoms with Crippen LogP contribution in [0, 0.1) is 0 Å². The van der Waals surface area contributed by atoms with Crippen LogP contribution >= 0.6 is 24.0 Å². The van der Waals surface area contributed by atoms with Crippen LogP contribution in [-0.2, 0) is 16.4 Å². The minimum absolute atomic E-state index is 0. The number of nitrogens with zero attached hydrogens (tertiary/aromatic N) is 3. The Balaban J connectivity index is 0.00000420. The molecule has 162 valence electrons. The Labute approximate surface area is 190 Å². The summed E-state index contributed by atoms with van der Waals surface area (Å²) in [7, 11) is -3.28. The highest BCUT2D eigenvalue weighted by molar-refractivity contribution is 14.0. The van der Waals surface area contributed by atoms with Gasteiger partial charge >= 0.3 is 0 Å². The second-order valence-corrected chi connectivity index (χ2v) is 9.00. The number of aromatic nitrogens is 2. The van der Waals surface area contributed by atoms with Crippen LogP contribution in [0.25, 0.3) is 5.69 Å². The molecule has 0 bridgehead atoms. The lowest BCUT2D eigenvalue weighted by Crippen LogP contribution is -2.47. The molecule has 2 rings (SSSR count). The zero-order chi connectivity index (χ0) is 20.6. The highest BCUT2D eigenvalue weighted by atomic mass is 127. The molecule has 0 aliphatic heterocycles. The number of guanidine groups is 1. The van der Waals surface area contributed by atoms with Crippen LogP contribution in [0.4, 0.5) is 0 Å². The van der Waals surface area contributed by atoms with Crippen LogP contribution < -0.4 is 15.4 Å². The van der Waals surface area contributed by atoms with Crippen LogP contribution in [0.15, 0.2) is 47.7 Å². The molecule has 10 heteroatoms. The van der Waals surface area contributed by atoms with Crippen molar-refractivity contribution in [1.29, 1.82) is 0 Å². The van der Waals surface area contributed by atoms with E-state index in [9.17, 15) is 8.42 Å². The highest BCUT2D eigenvalue weighted by Gasteiger charge is 2.21. The third-order valence-corrected chi connectivity index (χ3v) is 4.77. The van der Waals surface area contributed by atoms with Gasteiger partial charge in [0, 0.05) is 31.0 Å². The molecule has 0 fully saturated rings. The van der Waals surface area contributed by atoms with E-state index < -0.39 is 15.6 Å². The number of halogens is 1. The summed E-state index contributed by atoms with van der Waals surface area (Å²) in [6.07, 6.45) is 5.66. The monoisotopic (exact) mass is 534 g/mol. The Morgan fingerprint density at radius 2 is 1.90 bits per heavy atom. The van der Waals surface area contributed by atoms with Gasteiger partial charge in [-0.15, -0.1) is 24.0 Å². The molecule has 0 saturated heterocycles. The molecular formula is C19H31IN6O2S. The van der Waals surface area contributed by atoms with Crippen molar-refractivity contribution in [3.05, 3.63) is 48.3 Å². The van der Waals surface area contributed by atoms with Crippen molar-refractivity contribution < 1.29 is 8.42 Å². The molecule has 29 heavy (non-hydrogen) atoms. The maximum absolute atomic E-state index is 11.4. The summed E-state index contributed by atoms with van der Waals surface area (Å²) >= 11 is 0. The summed E-state index contributed by atoms with van der Waals surface area (Å²) in [6, 6.07) is 10.2. The third kappa shape index (κ3) is 9.59. The summed E-state index contributed by atoms with van der Waals surface area (Å²) in [5.74, 6) is 0.666. The van der Waals surface area contributed by atoms with Gasteiger partial charge < -0.3 is 10.6 Å². The molecule has 0 radical (unpaired) electrons. The second kappa shape index (κ2) is 11.5. The number of benzene rings is 1. The van der Waals surface area contributed by atoms with Crippen LogP contribution in [0.2, 0.25) is 0 Å². The molecule has 8 nitrogen and oxygen atoms in total. The normalized spacial score (nSPS) is 12.3. The Bertz CT molecular complexity index is 865. The van der Waals surface area contributed by atoms with E-state index in [0.29, 0.717) is 19.0 Å². The van der Waals surface area contributed by atoms with Gasteiger partial charge in [-0.05, 0) is 51.0 Å². The molecule has 2 aromatic rings. The van der Waals surface area contributed by atoms with Gasteiger partial charge in [0.25, 0.3) is 0 Å². The van der Waals surface area contributed by atoms with Gasteiger partial charge in [-0.3, -0.25) is 4.99 Å². The van der Waals surface area contributed by atoms with Crippen LogP contribution in [0.3, 0.4) is 0 Å². The Morgan fingerprint density at radius 3 is 2.45 bits per heavy atom. The second-order valence-electron chi connectivity index (χ2n) is 7.25. The average molecular weight is 534 g/mol. The zero-order valence-electron chi connectivity index (χ0n) is 17.3. The zero-order valence-corrected chi connectivity index (χ0v) is 20.5. The van der Waals surface area contributed by atoms with Gasteiger partial charge in [-0.2, -0.15) is 5.10 Å². The fourth-order valence-corrected chi connectivity index (χ4v) is 3.78. The van der Waals surface area contributed by atoms with E-state index in [0.717, 1.165) is 24.9 Å². The van der Waals surface area contributed by atoms with E-state index in [-0.39, 0.29) is 24.0 Å². The Morgan fingerprint density at radius 1 is 1.21 bits per heavy atom. The predicted molar refractivity (Wildman–Crippen MR) is 129 cm³/mol. The quantitative estimate of drug-likeness (QED) is 0.259. The molecule has 0 spiro atoms. The summed E-state index contributed by atoms with van der Waals surface area (Å²) in [5.41, 5.74) is 1.58. The van der Waals surface area contributed by atoms with E-state index in [1.165, 1.54) is 5.56 Å². The first-order chi connectivity index (χ1) is 13.2. The van der Waals surface area contributed by atoms with Crippen molar-refractivity contribution >= 4 is 40.0 Å². The summed E-state index contributed by atoms with van der Waals surface area (Å²) in [4.78, 5) is 4.50. The van der Waals surface area contributed by atoms with Crippen molar-refractivity contribution in [3.8, 4) is 5.69 Å². The molecule has 0 saturated carbocycles. The average Bonchev–Trinajstić information content (AvgIpc) is 3.13. The van der Waals surface area contributed by atoms with Crippen LogP contribution in [0.1, 0.15) is 26.3 Å². The molecule has 0 amide bonds. The van der Waals surface area contributed by atoms with Gasteiger partial charge in [0.1, 0.15) is 0 Å². The molecule has 0 unspecified atom stereocenters. The predicted octanol–water partition coefficient (Wildman–Crippen LogP) is 1.92. The summed E-state index contributed by atoms with van der Waals surface area (Å²) in [5, 5.41) is 10.7. The number of hydrogen-bond acceptors (Lipinski definition) is 4. The van der Waals surface area contributed by atoms with Crippen molar-refractivity contribution in [2.24, 2.45) is 4.99 Å². The van der Waals surface area contributed by atoms with Gasteiger partial charge in [0.15, 0.2) is 5.96 Å². The minimum atomic E-state index is -3.28. The Hall–Kier alpha value is -1.66. The molecule has 3 N–H and O–H groups in total. The molecule has 0 atom stereocenters. The lowest BCUT2D eigenvalue weighted by molar-refractivity contribution is 0.464. The first-order valence-corrected chi connectivity index (χ1v) is 11.2. The summed E-state index contributed by atoms with van der Waals surface area (Å²) < 4.78 is 27.3. The lowest BCUT2D eigenvalue weighted by atomic mass is 10.1. The minimum Gasteiger partial charge on any atom is -0.357 e. The molecule has 0 aliphatic carbocycles. The number of aliphatic imine (C=N–C) groups is 1. The van der Waals surface area contributed by atoms with Gasteiger partial charge in [0.05, 0.1) is 18.5 Å². The van der Waals surface area contributed by atoms with E-state index in [1.807, 2.05) is 49.8 Å². The number of sulfonamides is 1. The largest absolute Gasteiger partial charge is 0.357 e. The highest BCUT2D eigenvalue weighted by Crippen LogP contribution is 2.09. The smallest absolute Gasteiger partial charge is 0.209 e. The molecule has 1 aromatic carbocycles. The van der Waals surface area contributed by atoms with Gasteiger partial charge in [-0.1, -0.05) is 12.1 Å². The van der Waals surface area contributed by atoms with E-state index in [1.54, 1.807) is 6.20 Å². The first kappa shape index (κ1) is 25.4. The topological polar surface area (TPSA) is 100 Å². The lowest BCUT2D eigenvalue weighted by Gasteiger charge is -2.23. The van der Waals surface area contributed by atoms with E-state index >= 15 is 0 Å². The standard InChI is InChI=1S/C19H30N6O2S.HI/c1-5-20-18(22-15-19(2,3)24-28(4,26)27)21-13-11-16-7-9-17(10-8-16)25-14-6-12-23-25;/h6-10,12,14,24H,5,11,13,15H2,1-4H3,(H2,20,21,22);1H. The summed E-state index contributed by atoms with van der Waals surface area (Å²) in [6.45, 7) is 7.38.